The van der Waals surface area contributed by atoms with E-state index in [1.807, 2.05) is 10.7 Å². The van der Waals surface area contributed by atoms with Gasteiger partial charge < -0.3 is 10.1 Å². The summed E-state index contributed by atoms with van der Waals surface area (Å²) in [5.74, 6) is -2.68. The van der Waals surface area contributed by atoms with Gasteiger partial charge in [0, 0.05) is 28.1 Å². The average Bonchev–Trinajstić information content (AvgIpc) is 3.18. The number of nitrogens with zero attached hydrogens (tertiary/aromatic N) is 2. The molecule has 0 saturated heterocycles. The van der Waals surface area contributed by atoms with Crippen LogP contribution in [0.15, 0.2) is 57.1 Å². The Kier molecular flexibility index (Phi) is 7.69. The SMILES string of the molecule is Cc1csc(Sc2ccc([N+](=O)[O-])cc2C(=O)OCC(=O)NC(=O)Nc2ccccc2F)n1. The highest BCUT2D eigenvalue weighted by Gasteiger charge is 2.21. The van der Waals surface area contributed by atoms with E-state index in [2.05, 4.69) is 10.3 Å². The third-order valence-electron chi connectivity index (χ3n) is 3.90. The minimum atomic E-state index is -1.02. The van der Waals surface area contributed by atoms with Gasteiger partial charge in [-0.05, 0) is 25.1 Å². The minimum Gasteiger partial charge on any atom is -0.452 e. The van der Waals surface area contributed by atoms with Crippen molar-refractivity contribution in [1.29, 1.82) is 0 Å². The number of esters is 1. The number of hydrogen-bond acceptors (Lipinski definition) is 9. The van der Waals surface area contributed by atoms with Crippen LogP contribution in [0.3, 0.4) is 0 Å². The second-order valence-electron chi connectivity index (χ2n) is 6.35. The first-order chi connectivity index (χ1) is 15.7. The predicted octanol–water partition coefficient (Wildman–Crippen LogP) is 4.16. The monoisotopic (exact) mass is 490 g/mol. The maximum atomic E-state index is 13.6. The van der Waals surface area contributed by atoms with Crippen LogP contribution < -0.4 is 10.6 Å². The van der Waals surface area contributed by atoms with Crippen LogP contribution in [0.4, 0.5) is 20.6 Å². The van der Waals surface area contributed by atoms with Crippen molar-refractivity contribution in [1.82, 2.24) is 10.3 Å². The highest BCUT2D eigenvalue weighted by Crippen LogP contribution is 2.34. The summed E-state index contributed by atoms with van der Waals surface area (Å²) in [6.45, 7) is 0.958. The molecule has 0 aliphatic heterocycles. The summed E-state index contributed by atoms with van der Waals surface area (Å²) in [6, 6.07) is 7.98. The molecule has 0 fully saturated rings. The number of imide groups is 1. The minimum absolute atomic E-state index is 0.134. The summed E-state index contributed by atoms with van der Waals surface area (Å²) in [6.07, 6.45) is 0. The number of aryl methyl sites for hydroxylation is 1. The number of nitrogens with one attached hydrogen (secondary N) is 2. The van der Waals surface area contributed by atoms with Crippen LogP contribution in [0, 0.1) is 22.9 Å². The van der Waals surface area contributed by atoms with Crippen LogP contribution in [0.1, 0.15) is 16.1 Å². The zero-order valence-corrected chi connectivity index (χ0v) is 18.5. The van der Waals surface area contributed by atoms with Crippen molar-refractivity contribution in [2.24, 2.45) is 0 Å². The lowest BCUT2D eigenvalue weighted by Gasteiger charge is -2.10. The molecule has 170 valence electrons. The quantitative estimate of drug-likeness (QED) is 0.286. The lowest BCUT2D eigenvalue weighted by atomic mass is 10.2. The Morgan fingerprint density at radius 2 is 2.00 bits per heavy atom. The van der Waals surface area contributed by atoms with Crippen LogP contribution in [0.2, 0.25) is 0 Å². The fourth-order valence-electron chi connectivity index (χ4n) is 2.44. The number of hydrogen-bond donors (Lipinski definition) is 2. The number of non-ortho nitro benzene ring substituents is 1. The number of rotatable bonds is 7. The lowest BCUT2D eigenvalue weighted by Crippen LogP contribution is -2.37. The molecule has 0 bridgehead atoms. The maximum absolute atomic E-state index is 13.6. The fraction of sp³-hybridized carbons (Fsp3) is 0.100. The molecule has 2 aromatic carbocycles. The summed E-state index contributed by atoms with van der Waals surface area (Å²) in [7, 11) is 0. The summed E-state index contributed by atoms with van der Waals surface area (Å²) >= 11 is 2.45. The number of carbonyl (C=O) groups excluding carboxylic acids is 3. The zero-order valence-electron chi connectivity index (χ0n) is 16.9. The molecule has 0 aliphatic rings. The van der Waals surface area contributed by atoms with Crippen LogP contribution in [-0.4, -0.2) is 34.4 Å². The molecular weight excluding hydrogens is 475 g/mol. The molecule has 0 saturated carbocycles. The third-order valence-corrected chi connectivity index (χ3v) is 6.03. The molecule has 1 heterocycles. The van der Waals surface area contributed by atoms with Crippen molar-refractivity contribution in [3.63, 3.8) is 0 Å². The first-order valence-corrected chi connectivity index (χ1v) is 10.8. The second-order valence-corrected chi connectivity index (χ2v) is 8.50. The van der Waals surface area contributed by atoms with Crippen LogP contribution >= 0.6 is 23.1 Å². The van der Waals surface area contributed by atoms with Crippen molar-refractivity contribution in [2.75, 3.05) is 11.9 Å². The van der Waals surface area contributed by atoms with Crippen LogP contribution in [0.25, 0.3) is 0 Å². The Morgan fingerprint density at radius 3 is 2.67 bits per heavy atom. The highest BCUT2D eigenvalue weighted by molar-refractivity contribution is 8.01. The van der Waals surface area contributed by atoms with Crippen LogP contribution in [-0.2, 0) is 9.53 Å². The first kappa shape index (κ1) is 23.8. The van der Waals surface area contributed by atoms with E-state index in [-0.39, 0.29) is 16.9 Å². The van der Waals surface area contributed by atoms with Crippen molar-refractivity contribution in [3.8, 4) is 0 Å². The number of para-hydroxylation sites is 1. The molecule has 10 nitrogen and oxygen atoms in total. The van der Waals surface area contributed by atoms with Gasteiger partial charge in [0.05, 0.1) is 16.2 Å². The number of amides is 3. The topological polar surface area (TPSA) is 141 Å². The van der Waals surface area contributed by atoms with E-state index in [0.29, 0.717) is 9.24 Å². The van der Waals surface area contributed by atoms with Crippen molar-refractivity contribution >= 4 is 52.4 Å². The summed E-state index contributed by atoms with van der Waals surface area (Å²) in [4.78, 5) is 51.4. The Morgan fingerprint density at radius 1 is 1.24 bits per heavy atom. The lowest BCUT2D eigenvalue weighted by molar-refractivity contribution is -0.384. The predicted molar refractivity (Wildman–Crippen MR) is 118 cm³/mol. The number of urea groups is 1. The van der Waals surface area contributed by atoms with E-state index in [0.717, 1.165) is 29.6 Å². The molecule has 3 aromatic rings. The number of ether oxygens (including phenoxy) is 1. The van der Waals surface area contributed by atoms with Crippen molar-refractivity contribution in [3.05, 3.63) is 75.0 Å². The number of carbonyl (C=O) groups is 3. The van der Waals surface area contributed by atoms with E-state index in [4.69, 9.17) is 4.74 Å². The zero-order chi connectivity index (χ0) is 24.0. The molecular formula is C20H15FN4O6S2. The number of thiazole rings is 1. The Balaban J connectivity index is 1.65. The van der Waals surface area contributed by atoms with E-state index in [1.165, 1.54) is 41.7 Å². The van der Waals surface area contributed by atoms with E-state index in [1.54, 1.807) is 6.92 Å². The molecule has 0 radical (unpaired) electrons. The average molecular weight is 490 g/mol. The van der Waals surface area contributed by atoms with Crippen molar-refractivity contribution in [2.45, 2.75) is 16.2 Å². The Labute approximate surface area is 194 Å². The summed E-state index contributed by atoms with van der Waals surface area (Å²) in [5, 5.41) is 17.0. The molecule has 0 unspecified atom stereocenters. The van der Waals surface area contributed by atoms with Crippen LogP contribution in [0.5, 0.6) is 0 Å². The largest absolute Gasteiger partial charge is 0.452 e. The standard InChI is InChI=1S/C20H15FN4O6S2/c1-11-10-32-20(22-11)33-16-7-6-12(25(29)30)8-13(16)18(27)31-9-17(26)24-19(28)23-15-5-3-2-4-14(15)21/h2-8,10H,9H2,1H3,(H2,23,24,26,28). The fourth-order valence-corrected chi connectivity index (χ4v) is 4.33. The van der Waals surface area contributed by atoms with Gasteiger partial charge >= 0.3 is 12.0 Å². The molecule has 2 N–H and O–H groups in total. The number of aromatic nitrogens is 1. The van der Waals surface area contributed by atoms with Gasteiger partial charge in [0.1, 0.15) is 5.82 Å². The number of benzene rings is 2. The number of halogens is 1. The smallest absolute Gasteiger partial charge is 0.340 e. The second kappa shape index (κ2) is 10.7. The molecule has 0 spiro atoms. The molecule has 0 atom stereocenters. The van der Waals surface area contributed by atoms with E-state index < -0.39 is 35.3 Å². The van der Waals surface area contributed by atoms with E-state index in [9.17, 15) is 28.9 Å². The number of nitro benzene ring substituents is 1. The molecule has 3 rings (SSSR count). The van der Waals surface area contributed by atoms with Gasteiger partial charge in [-0.1, -0.05) is 23.9 Å². The third kappa shape index (κ3) is 6.57. The van der Waals surface area contributed by atoms with Gasteiger partial charge in [0.2, 0.25) is 0 Å². The Hall–Kier alpha value is -3.84. The van der Waals surface area contributed by atoms with Gasteiger partial charge in [-0.2, -0.15) is 0 Å². The number of anilines is 1. The summed E-state index contributed by atoms with van der Waals surface area (Å²) in [5.41, 5.74) is 0.162. The van der Waals surface area contributed by atoms with Gasteiger partial charge in [0.15, 0.2) is 10.9 Å². The van der Waals surface area contributed by atoms with Gasteiger partial charge in [-0.15, -0.1) is 11.3 Å². The molecule has 1 aromatic heterocycles. The van der Waals surface area contributed by atoms with E-state index >= 15 is 0 Å². The first-order valence-electron chi connectivity index (χ1n) is 9.14. The van der Waals surface area contributed by atoms with Gasteiger partial charge in [0.25, 0.3) is 11.6 Å². The molecule has 3 amide bonds. The molecule has 13 heteroatoms. The summed E-state index contributed by atoms with van der Waals surface area (Å²) < 4.78 is 19.1. The maximum Gasteiger partial charge on any atom is 0.340 e. The number of nitro groups is 1. The Bertz CT molecular complexity index is 1230. The van der Waals surface area contributed by atoms with Crippen molar-refractivity contribution < 1.29 is 28.4 Å². The normalized spacial score (nSPS) is 10.4. The van der Waals surface area contributed by atoms with Gasteiger partial charge in [-0.25, -0.2) is 19.0 Å². The molecule has 33 heavy (non-hydrogen) atoms. The highest BCUT2D eigenvalue weighted by atomic mass is 32.2. The van der Waals surface area contributed by atoms with Gasteiger partial charge in [-0.3, -0.25) is 20.2 Å². The molecule has 0 aliphatic carbocycles.